The molecule has 0 radical (unpaired) electrons. The standard InChI is InChI=1S/C20H18N10OS2/c21-19(32)26-23-9-12-5-1-3-7-15(12)30-11-13(24-28-30)10-29-16-8-4-2-6-14(16)17(18(29)31)25-27-20(22)33/h1-9,11,31H,10H2,(H2,22,33)(H3,21,26,32)/b23-9+,27-25?. The quantitative estimate of drug-likeness (QED) is 0.142. The summed E-state index contributed by atoms with van der Waals surface area (Å²) in [6.07, 6.45) is 3.35. The summed E-state index contributed by atoms with van der Waals surface area (Å²) >= 11 is 9.51. The second-order valence-electron chi connectivity index (χ2n) is 6.76. The zero-order valence-electron chi connectivity index (χ0n) is 17.0. The summed E-state index contributed by atoms with van der Waals surface area (Å²) in [5.41, 5.74) is 16.5. The summed E-state index contributed by atoms with van der Waals surface area (Å²) in [5.74, 6) is -0.0814. The van der Waals surface area contributed by atoms with Crippen molar-refractivity contribution in [3.8, 4) is 11.6 Å². The fourth-order valence-electron chi connectivity index (χ4n) is 3.25. The molecule has 0 saturated heterocycles. The molecule has 2 aromatic heterocycles. The Morgan fingerprint density at radius 1 is 1.12 bits per heavy atom. The maximum Gasteiger partial charge on any atom is 0.221 e. The highest BCUT2D eigenvalue weighted by atomic mass is 32.1. The van der Waals surface area contributed by atoms with Crippen molar-refractivity contribution in [2.45, 2.75) is 6.54 Å². The van der Waals surface area contributed by atoms with Crippen LogP contribution >= 0.6 is 24.4 Å². The fourth-order valence-corrected chi connectivity index (χ4v) is 3.34. The zero-order valence-corrected chi connectivity index (χ0v) is 18.7. The van der Waals surface area contributed by atoms with Crippen LogP contribution in [0.5, 0.6) is 5.88 Å². The van der Waals surface area contributed by atoms with Crippen LogP contribution in [-0.4, -0.2) is 41.1 Å². The van der Waals surface area contributed by atoms with Gasteiger partial charge in [0.15, 0.2) is 10.8 Å². The summed E-state index contributed by atoms with van der Waals surface area (Å²) in [6.45, 7) is 0.244. The Hall–Kier alpha value is -4.23. The van der Waals surface area contributed by atoms with Gasteiger partial charge in [0.2, 0.25) is 11.0 Å². The van der Waals surface area contributed by atoms with Crippen molar-refractivity contribution in [1.82, 2.24) is 25.0 Å². The predicted molar refractivity (Wildman–Crippen MR) is 133 cm³/mol. The van der Waals surface area contributed by atoms with Gasteiger partial charge >= 0.3 is 0 Å². The van der Waals surface area contributed by atoms with Crippen LogP contribution in [-0.2, 0) is 6.54 Å². The Labute approximate surface area is 198 Å². The molecule has 0 fully saturated rings. The number of aromatic nitrogens is 4. The number of para-hydroxylation sites is 2. The summed E-state index contributed by atoms with van der Waals surface area (Å²) in [5, 5.41) is 31.7. The molecule has 2 aromatic carbocycles. The molecule has 4 rings (SSSR count). The van der Waals surface area contributed by atoms with E-state index in [0.29, 0.717) is 11.1 Å². The third-order valence-electron chi connectivity index (χ3n) is 4.59. The number of aromatic hydroxyl groups is 1. The summed E-state index contributed by atoms with van der Waals surface area (Å²) in [6, 6.07) is 14.9. The Bertz CT molecular complexity index is 1410. The second-order valence-corrected chi connectivity index (χ2v) is 7.62. The molecular formula is C20H18N10OS2. The normalized spacial score (nSPS) is 11.5. The molecule has 6 N–H and O–H groups in total. The van der Waals surface area contributed by atoms with Gasteiger partial charge in [0.05, 0.1) is 30.2 Å². The van der Waals surface area contributed by atoms with Crippen molar-refractivity contribution in [2.75, 3.05) is 0 Å². The molecule has 13 heteroatoms. The van der Waals surface area contributed by atoms with Gasteiger partial charge in [-0.05, 0) is 36.6 Å². The van der Waals surface area contributed by atoms with Gasteiger partial charge in [-0.15, -0.1) is 15.3 Å². The summed E-state index contributed by atoms with van der Waals surface area (Å²) < 4.78 is 3.28. The molecule has 0 saturated carbocycles. The molecule has 0 atom stereocenters. The molecule has 0 unspecified atom stereocenters. The van der Waals surface area contributed by atoms with Crippen LogP contribution in [0.1, 0.15) is 11.3 Å². The lowest BCUT2D eigenvalue weighted by atomic mass is 10.2. The van der Waals surface area contributed by atoms with Crippen LogP contribution < -0.4 is 16.9 Å². The zero-order chi connectivity index (χ0) is 23.4. The van der Waals surface area contributed by atoms with E-state index in [1.807, 2.05) is 48.5 Å². The largest absolute Gasteiger partial charge is 0.493 e. The number of benzene rings is 2. The minimum Gasteiger partial charge on any atom is -0.493 e. The van der Waals surface area contributed by atoms with Gasteiger partial charge in [-0.1, -0.05) is 41.6 Å². The van der Waals surface area contributed by atoms with Gasteiger partial charge in [-0.3, -0.25) is 5.43 Å². The summed E-state index contributed by atoms with van der Waals surface area (Å²) in [7, 11) is 0. The van der Waals surface area contributed by atoms with Crippen molar-refractivity contribution in [3.63, 3.8) is 0 Å². The highest BCUT2D eigenvalue weighted by molar-refractivity contribution is 7.80. The molecule has 0 aliphatic rings. The van der Waals surface area contributed by atoms with E-state index < -0.39 is 0 Å². The molecule has 11 nitrogen and oxygen atoms in total. The van der Waals surface area contributed by atoms with E-state index in [1.54, 1.807) is 21.7 Å². The Morgan fingerprint density at radius 2 is 1.88 bits per heavy atom. The van der Waals surface area contributed by atoms with E-state index in [9.17, 15) is 5.11 Å². The van der Waals surface area contributed by atoms with Crippen LogP contribution in [0.4, 0.5) is 5.69 Å². The van der Waals surface area contributed by atoms with Crippen molar-refractivity contribution in [2.24, 2.45) is 26.8 Å². The molecular weight excluding hydrogens is 460 g/mol. The first-order valence-electron chi connectivity index (χ1n) is 9.54. The van der Waals surface area contributed by atoms with E-state index in [4.69, 9.17) is 35.9 Å². The van der Waals surface area contributed by atoms with Crippen molar-refractivity contribution in [1.29, 1.82) is 0 Å². The Morgan fingerprint density at radius 3 is 2.67 bits per heavy atom. The van der Waals surface area contributed by atoms with E-state index >= 15 is 0 Å². The van der Waals surface area contributed by atoms with Crippen LogP contribution in [0.25, 0.3) is 16.6 Å². The number of rotatable bonds is 6. The molecule has 0 bridgehead atoms. The third kappa shape index (κ3) is 4.83. The fraction of sp³-hybridized carbons (Fsp3) is 0.0500. The number of hydrazone groups is 1. The summed E-state index contributed by atoms with van der Waals surface area (Å²) in [4.78, 5) is 0. The highest BCUT2D eigenvalue weighted by Crippen LogP contribution is 2.39. The first-order chi connectivity index (χ1) is 15.9. The van der Waals surface area contributed by atoms with E-state index in [-0.39, 0.29) is 28.3 Å². The van der Waals surface area contributed by atoms with Crippen molar-refractivity contribution in [3.05, 3.63) is 66.0 Å². The number of thiocarbonyl (C=S) groups is 2. The van der Waals surface area contributed by atoms with Gasteiger partial charge in [-0.2, -0.15) is 5.10 Å². The van der Waals surface area contributed by atoms with Crippen molar-refractivity contribution < 1.29 is 5.11 Å². The minimum atomic E-state index is -0.125. The number of nitrogens with one attached hydrogen (secondary N) is 1. The molecule has 0 spiro atoms. The van der Waals surface area contributed by atoms with Gasteiger partial charge < -0.3 is 21.1 Å². The smallest absolute Gasteiger partial charge is 0.221 e. The lowest BCUT2D eigenvalue weighted by Gasteiger charge is -2.05. The third-order valence-corrected chi connectivity index (χ3v) is 4.76. The number of hydrogen-bond acceptors (Lipinski definition) is 7. The molecule has 33 heavy (non-hydrogen) atoms. The highest BCUT2D eigenvalue weighted by Gasteiger charge is 2.18. The Kier molecular flexibility index (Phi) is 6.33. The van der Waals surface area contributed by atoms with Crippen LogP contribution in [0, 0.1) is 0 Å². The first kappa shape index (κ1) is 22.0. The van der Waals surface area contributed by atoms with Gasteiger partial charge in [0, 0.05) is 10.9 Å². The molecule has 0 aliphatic carbocycles. The van der Waals surface area contributed by atoms with Gasteiger partial charge in [-0.25, -0.2) is 4.68 Å². The van der Waals surface area contributed by atoms with Crippen LogP contribution in [0.15, 0.2) is 70.1 Å². The molecule has 0 aliphatic heterocycles. The van der Waals surface area contributed by atoms with E-state index in [0.717, 1.165) is 16.8 Å². The van der Waals surface area contributed by atoms with E-state index in [1.165, 1.54) is 0 Å². The van der Waals surface area contributed by atoms with Crippen LogP contribution in [0.3, 0.4) is 0 Å². The number of azo groups is 1. The lowest BCUT2D eigenvalue weighted by molar-refractivity contribution is 0.429. The Balaban J connectivity index is 1.67. The lowest BCUT2D eigenvalue weighted by Crippen LogP contribution is -2.24. The van der Waals surface area contributed by atoms with Crippen LogP contribution in [0.2, 0.25) is 0 Å². The van der Waals surface area contributed by atoms with Gasteiger partial charge in [0.25, 0.3) is 0 Å². The number of nitrogens with two attached hydrogens (primary N) is 2. The molecule has 0 amide bonds. The average Bonchev–Trinajstić information content (AvgIpc) is 3.36. The topological polar surface area (TPSA) is 157 Å². The van der Waals surface area contributed by atoms with Gasteiger partial charge in [0.1, 0.15) is 5.69 Å². The molecule has 166 valence electrons. The van der Waals surface area contributed by atoms with Crippen molar-refractivity contribution >= 4 is 57.5 Å². The number of hydrogen-bond donors (Lipinski definition) is 4. The second kappa shape index (κ2) is 9.50. The maximum absolute atomic E-state index is 10.8. The monoisotopic (exact) mass is 478 g/mol. The van der Waals surface area contributed by atoms with E-state index in [2.05, 4.69) is 31.1 Å². The average molecular weight is 479 g/mol. The first-order valence-corrected chi connectivity index (χ1v) is 10.4. The molecule has 4 aromatic rings. The number of nitrogens with zero attached hydrogens (tertiary/aromatic N) is 7. The SMILES string of the molecule is NC(=S)N=Nc1c(O)n(Cc2cn(-c3ccccc3/C=N/NC(N)=S)nn2)c2ccccc12. The predicted octanol–water partition coefficient (Wildman–Crippen LogP) is 2.47. The molecule has 2 heterocycles. The number of fused-ring (bicyclic) bond motifs is 1. The maximum atomic E-state index is 10.8. The minimum absolute atomic E-state index is 0.0673.